The van der Waals surface area contributed by atoms with E-state index in [-0.39, 0.29) is 18.2 Å². The zero-order valence-electron chi connectivity index (χ0n) is 10.4. The van der Waals surface area contributed by atoms with Crippen LogP contribution >= 0.6 is 0 Å². The summed E-state index contributed by atoms with van der Waals surface area (Å²) in [4.78, 5) is 27.2. The van der Waals surface area contributed by atoms with Crippen molar-refractivity contribution in [3.63, 3.8) is 0 Å². The molecule has 0 aromatic rings. The number of imide groups is 1. The van der Waals surface area contributed by atoms with Crippen LogP contribution in [-0.2, 0) is 9.59 Å². The van der Waals surface area contributed by atoms with Crippen molar-refractivity contribution in [1.82, 2.24) is 4.90 Å². The van der Waals surface area contributed by atoms with Gasteiger partial charge in [0.15, 0.2) is 0 Å². The number of likely N-dealkylation sites (tertiary alicyclic amines) is 1. The van der Waals surface area contributed by atoms with Gasteiger partial charge in [-0.15, -0.1) is 11.8 Å². The lowest BCUT2D eigenvalue weighted by atomic mass is 10.1. The number of amides is 2. The third-order valence-electron chi connectivity index (χ3n) is 2.78. The summed E-state index contributed by atoms with van der Waals surface area (Å²) < 4.78 is 0. The van der Waals surface area contributed by atoms with Crippen molar-refractivity contribution < 1.29 is 9.59 Å². The summed E-state index contributed by atoms with van der Waals surface area (Å²) in [7, 11) is 0. The summed E-state index contributed by atoms with van der Waals surface area (Å²) >= 11 is 0. The highest BCUT2D eigenvalue weighted by Gasteiger charge is 2.27. The van der Waals surface area contributed by atoms with Gasteiger partial charge in [0.1, 0.15) is 0 Å². The Morgan fingerprint density at radius 3 is 3.00 bits per heavy atom. The Labute approximate surface area is 106 Å². The van der Waals surface area contributed by atoms with Crippen LogP contribution in [0.25, 0.3) is 10.4 Å². The molecule has 6 nitrogen and oxygen atoms in total. The molecule has 1 aliphatic rings. The molecule has 0 radical (unpaired) electrons. The fraction of sp³-hybridized carbons (Fsp3) is 0.667. The second kappa shape index (κ2) is 7.36. The van der Waals surface area contributed by atoms with E-state index >= 15 is 0 Å². The van der Waals surface area contributed by atoms with Crippen molar-refractivity contribution in [1.29, 1.82) is 0 Å². The van der Waals surface area contributed by atoms with Crippen molar-refractivity contribution in [3.05, 3.63) is 10.4 Å². The molecule has 0 aliphatic carbocycles. The van der Waals surface area contributed by atoms with E-state index in [1.165, 1.54) is 4.90 Å². The lowest BCUT2D eigenvalue weighted by molar-refractivity contribution is -0.142. The first-order valence-corrected chi connectivity index (χ1v) is 5.96. The van der Waals surface area contributed by atoms with E-state index < -0.39 is 6.04 Å². The van der Waals surface area contributed by atoms with E-state index in [1.807, 2.05) is 0 Å². The molecule has 6 heteroatoms. The molecular weight excluding hydrogens is 232 g/mol. The lowest BCUT2D eigenvalue weighted by Crippen LogP contribution is -2.33. The van der Waals surface area contributed by atoms with E-state index in [1.54, 1.807) is 6.92 Å². The first kappa shape index (κ1) is 14.1. The number of hydrogen-bond donors (Lipinski definition) is 0. The monoisotopic (exact) mass is 248 g/mol. The molecule has 0 spiro atoms. The lowest BCUT2D eigenvalue weighted by Gasteiger charge is -2.16. The highest BCUT2D eigenvalue weighted by Crippen LogP contribution is 2.15. The molecule has 1 atom stereocenters. The summed E-state index contributed by atoms with van der Waals surface area (Å²) in [6, 6.07) is -0.420. The number of carbonyl (C=O) groups excluding carboxylic acids is 2. The summed E-state index contributed by atoms with van der Waals surface area (Å²) in [6.07, 6.45) is 2.36. The van der Waals surface area contributed by atoms with Crippen LogP contribution in [0.1, 0.15) is 39.0 Å². The third kappa shape index (κ3) is 4.11. The molecular formula is C12H16N4O2. The number of azide groups is 1. The molecule has 0 aromatic carbocycles. The highest BCUT2D eigenvalue weighted by molar-refractivity contribution is 5.96. The van der Waals surface area contributed by atoms with Crippen LogP contribution < -0.4 is 0 Å². The average molecular weight is 248 g/mol. The zero-order valence-corrected chi connectivity index (χ0v) is 10.4. The Bertz CT molecular complexity index is 429. The summed E-state index contributed by atoms with van der Waals surface area (Å²) in [5.74, 6) is 5.23. The summed E-state index contributed by atoms with van der Waals surface area (Å²) in [5, 5.41) is 3.59. The Morgan fingerprint density at radius 2 is 2.44 bits per heavy atom. The van der Waals surface area contributed by atoms with Crippen molar-refractivity contribution in [2.45, 2.75) is 45.1 Å². The first-order chi connectivity index (χ1) is 8.69. The normalized spacial score (nSPS) is 15.6. The Kier molecular flexibility index (Phi) is 5.75. The highest BCUT2D eigenvalue weighted by atomic mass is 16.2. The van der Waals surface area contributed by atoms with Gasteiger partial charge in [0.25, 0.3) is 0 Å². The fourth-order valence-electron chi connectivity index (χ4n) is 1.86. The van der Waals surface area contributed by atoms with Crippen molar-refractivity contribution in [2.75, 3.05) is 6.54 Å². The summed E-state index contributed by atoms with van der Waals surface area (Å²) in [6.45, 7) is 2.21. The van der Waals surface area contributed by atoms with Crippen molar-refractivity contribution in [2.24, 2.45) is 5.11 Å². The van der Waals surface area contributed by atoms with E-state index in [0.717, 1.165) is 6.42 Å². The second-order valence-electron chi connectivity index (χ2n) is 4.07. The molecule has 2 amide bonds. The van der Waals surface area contributed by atoms with Crippen LogP contribution in [0, 0.1) is 11.8 Å². The standard InChI is InChI=1S/C12H16N4O2/c1-2-3-4-6-10(14-15-13)9-12(18)16-8-5-7-11(16)17/h10H,4-9H2,1H3/t10-/m0/s1. The van der Waals surface area contributed by atoms with E-state index in [9.17, 15) is 9.59 Å². The number of carbonyl (C=O) groups is 2. The van der Waals surface area contributed by atoms with Crippen molar-refractivity contribution >= 4 is 11.8 Å². The molecule has 1 fully saturated rings. The van der Waals surface area contributed by atoms with Crippen LogP contribution in [0.4, 0.5) is 0 Å². The van der Waals surface area contributed by atoms with Crippen LogP contribution in [0.3, 0.4) is 0 Å². The van der Waals surface area contributed by atoms with Gasteiger partial charge in [0.2, 0.25) is 11.8 Å². The maximum absolute atomic E-state index is 11.9. The van der Waals surface area contributed by atoms with Gasteiger partial charge < -0.3 is 0 Å². The molecule has 0 unspecified atom stereocenters. The molecule has 1 rings (SSSR count). The largest absolute Gasteiger partial charge is 0.283 e. The molecule has 0 N–H and O–H groups in total. The SMILES string of the molecule is CC#CCC[C@@H](CC(=O)N1CCCC1=O)N=[N+]=[N-]. The number of rotatable bonds is 5. The minimum atomic E-state index is -0.420. The molecule has 96 valence electrons. The van der Waals surface area contributed by atoms with Gasteiger partial charge in [-0.05, 0) is 25.3 Å². The first-order valence-electron chi connectivity index (χ1n) is 5.96. The Morgan fingerprint density at radius 1 is 1.67 bits per heavy atom. The zero-order chi connectivity index (χ0) is 13.4. The minimum absolute atomic E-state index is 0.0845. The second-order valence-corrected chi connectivity index (χ2v) is 4.07. The summed E-state index contributed by atoms with van der Waals surface area (Å²) in [5.41, 5.74) is 8.45. The molecule has 1 aliphatic heterocycles. The van der Waals surface area contributed by atoms with Crippen LogP contribution in [0.5, 0.6) is 0 Å². The maximum Gasteiger partial charge on any atom is 0.229 e. The van der Waals surface area contributed by atoms with Gasteiger partial charge in [-0.25, -0.2) is 0 Å². The molecule has 0 bridgehead atoms. The van der Waals surface area contributed by atoms with Crippen LogP contribution in [0.2, 0.25) is 0 Å². The third-order valence-corrected chi connectivity index (χ3v) is 2.78. The molecule has 18 heavy (non-hydrogen) atoms. The van der Waals surface area contributed by atoms with E-state index in [4.69, 9.17) is 5.53 Å². The average Bonchev–Trinajstić information content (AvgIpc) is 2.76. The van der Waals surface area contributed by atoms with Gasteiger partial charge in [-0.2, -0.15) is 0 Å². The van der Waals surface area contributed by atoms with Gasteiger partial charge >= 0.3 is 0 Å². The van der Waals surface area contributed by atoms with E-state index in [0.29, 0.717) is 25.8 Å². The number of nitrogens with zero attached hydrogens (tertiary/aromatic N) is 4. The van der Waals surface area contributed by atoms with Gasteiger partial charge in [0, 0.05) is 36.8 Å². The molecule has 1 saturated heterocycles. The predicted octanol–water partition coefficient (Wildman–Crippen LogP) is 2.01. The van der Waals surface area contributed by atoms with Crippen LogP contribution in [0.15, 0.2) is 5.11 Å². The topological polar surface area (TPSA) is 86.1 Å². The van der Waals surface area contributed by atoms with Crippen molar-refractivity contribution in [3.8, 4) is 11.8 Å². The Hall–Kier alpha value is -1.99. The molecule has 1 heterocycles. The fourth-order valence-corrected chi connectivity index (χ4v) is 1.86. The molecule has 0 saturated carbocycles. The molecule has 0 aromatic heterocycles. The minimum Gasteiger partial charge on any atom is -0.283 e. The maximum atomic E-state index is 11.9. The number of hydrogen-bond acceptors (Lipinski definition) is 3. The predicted molar refractivity (Wildman–Crippen MR) is 66.2 cm³/mol. The quantitative estimate of drug-likeness (QED) is 0.322. The van der Waals surface area contributed by atoms with Crippen LogP contribution in [-0.4, -0.2) is 29.3 Å². The van der Waals surface area contributed by atoms with Gasteiger partial charge in [-0.3, -0.25) is 14.5 Å². The van der Waals surface area contributed by atoms with E-state index in [2.05, 4.69) is 21.9 Å². The Balaban J connectivity index is 2.53. The van der Waals surface area contributed by atoms with Gasteiger partial charge in [0.05, 0.1) is 0 Å². The smallest absolute Gasteiger partial charge is 0.229 e. The van der Waals surface area contributed by atoms with Gasteiger partial charge in [-0.1, -0.05) is 5.11 Å².